The summed E-state index contributed by atoms with van der Waals surface area (Å²) in [6.07, 6.45) is 6.28. The number of unbranched alkanes of at least 4 members (excludes halogenated alkanes) is 1. The number of carbonyl (C=O) groups is 2. The first-order valence-electron chi connectivity index (χ1n) is 11.3. The lowest BCUT2D eigenvalue weighted by Crippen LogP contribution is -2.47. The van der Waals surface area contributed by atoms with Crippen molar-refractivity contribution in [3.63, 3.8) is 0 Å². The summed E-state index contributed by atoms with van der Waals surface area (Å²) in [5.41, 5.74) is 1.22. The molecule has 0 spiro atoms. The highest BCUT2D eigenvalue weighted by Crippen LogP contribution is 2.26. The van der Waals surface area contributed by atoms with E-state index in [1.165, 1.54) is 12.0 Å². The zero-order chi connectivity index (χ0) is 24.8. The van der Waals surface area contributed by atoms with Crippen molar-refractivity contribution in [2.45, 2.75) is 26.2 Å². The number of hydrogen-bond acceptors (Lipinski definition) is 6. The number of aromatic nitrogens is 1. The molecule has 184 valence electrons. The van der Waals surface area contributed by atoms with E-state index in [1.807, 2.05) is 37.4 Å². The number of aliphatic carboxylic acids is 2. The molecule has 2 aromatic rings. The normalized spacial score (nSPS) is 13.9. The summed E-state index contributed by atoms with van der Waals surface area (Å²) in [6, 6.07) is 10.8. The van der Waals surface area contributed by atoms with E-state index in [-0.39, 0.29) is 5.82 Å². The zero-order valence-corrected chi connectivity index (χ0v) is 19.4. The van der Waals surface area contributed by atoms with Crippen LogP contribution in [0.15, 0.2) is 54.7 Å². The molecule has 0 atom stereocenters. The number of ether oxygens (including phenoxy) is 1. The van der Waals surface area contributed by atoms with E-state index in [4.69, 9.17) is 14.9 Å². The van der Waals surface area contributed by atoms with Crippen LogP contribution in [0.1, 0.15) is 25.3 Å². The largest absolute Gasteiger partial charge is 0.490 e. The first-order chi connectivity index (χ1) is 16.4. The van der Waals surface area contributed by atoms with E-state index in [1.54, 1.807) is 12.1 Å². The molecule has 8 nitrogen and oxygen atoms in total. The molecule has 2 heterocycles. The number of halogens is 1. The predicted molar refractivity (Wildman–Crippen MR) is 128 cm³/mol. The number of carboxylic acids is 2. The van der Waals surface area contributed by atoms with Gasteiger partial charge in [0, 0.05) is 44.5 Å². The Morgan fingerprint density at radius 2 is 1.68 bits per heavy atom. The van der Waals surface area contributed by atoms with E-state index >= 15 is 0 Å². The fraction of sp³-hybridized carbons (Fsp3) is 0.400. The van der Waals surface area contributed by atoms with Crippen molar-refractivity contribution in [3.8, 4) is 5.75 Å². The quantitative estimate of drug-likeness (QED) is 0.399. The SMILES string of the molecule is CCOc1cccnc1N1CCN(CCCCc2ccc(F)cc2)CC1.O=C(O)C=CC(=O)O. The monoisotopic (exact) mass is 473 g/mol. The molecule has 1 aromatic carbocycles. The van der Waals surface area contributed by atoms with Crippen LogP contribution in [0.3, 0.4) is 0 Å². The van der Waals surface area contributed by atoms with Crippen molar-refractivity contribution in [1.82, 2.24) is 9.88 Å². The average Bonchev–Trinajstić information content (AvgIpc) is 2.83. The summed E-state index contributed by atoms with van der Waals surface area (Å²) in [5.74, 6) is -0.833. The number of anilines is 1. The molecule has 1 saturated heterocycles. The van der Waals surface area contributed by atoms with Crippen molar-refractivity contribution in [3.05, 3.63) is 66.1 Å². The average molecular weight is 474 g/mol. The second kappa shape index (κ2) is 14.6. The maximum atomic E-state index is 12.9. The smallest absolute Gasteiger partial charge is 0.328 e. The summed E-state index contributed by atoms with van der Waals surface area (Å²) < 4.78 is 18.6. The lowest BCUT2D eigenvalue weighted by Gasteiger charge is -2.35. The van der Waals surface area contributed by atoms with Crippen molar-refractivity contribution in [2.24, 2.45) is 0 Å². The van der Waals surface area contributed by atoms with Crippen LogP contribution in [-0.2, 0) is 16.0 Å². The molecule has 0 amide bonds. The molecule has 1 aliphatic rings. The Kier molecular flexibility index (Phi) is 11.5. The Bertz CT molecular complexity index is 912. The van der Waals surface area contributed by atoms with Gasteiger partial charge < -0.3 is 19.8 Å². The van der Waals surface area contributed by atoms with Gasteiger partial charge in [-0.25, -0.2) is 19.0 Å². The summed E-state index contributed by atoms with van der Waals surface area (Å²) >= 11 is 0. The van der Waals surface area contributed by atoms with E-state index in [9.17, 15) is 14.0 Å². The van der Waals surface area contributed by atoms with Crippen LogP contribution in [0, 0.1) is 5.82 Å². The minimum Gasteiger partial charge on any atom is -0.490 e. The molecule has 2 N–H and O–H groups in total. The third kappa shape index (κ3) is 9.99. The molecule has 0 bridgehead atoms. The third-order valence-corrected chi connectivity index (χ3v) is 5.19. The minimum atomic E-state index is -1.26. The number of piperazine rings is 1. The Labute approximate surface area is 199 Å². The Hall–Kier alpha value is -3.46. The van der Waals surface area contributed by atoms with E-state index < -0.39 is 11.9 Å². The molecule has 34 heavy (non-hydrogen) atoms. The van der Waals surface area contributed by atoms with Gasteiger partial charge in [0.25, 0.3) is 0 Å². The van der Waals surface area contributed by atoms with Crippen molar-refractivity contribution in [2.75, 3.05) is 44.2 Å². The van der Waals surface area contributed by atoms with Gasteiger partial charge in [-0.15, -0.1) is 0 Å². The van der Waals surface area contributed by atoms with E-state index in [0.29, 0.717) is 18.8 Å². The van der Waals surface area contributed by atoms with Crippen molar-refractivity contribution < 1.29 is 28.9 Å². The van der Waals surface area contributed by atoms with Crippen molar-refractivity contribution in [1.29, 1.82) is 0 Å². The van der Waals surface area contributed by atoms with Gasteiger partial charge in [-0.2, -0.15) is 0 Å². The fourth-order valence-electron chi connectivity index (χ4n) is 3.53. The second-order valence-corrected chi connectivity index (χ2v) is 7.68. The molecular formula is C25H32FN3O5. The topological polar surface area (TPSA) is 103 Å². The molecule has 9 heteroatoms. The standard InChI is InChI=1S/C21H28FN3O.C4H4O4/c1-2-26-20-7-5-12-23-21(20)25-16-14-24(15-17-25)13-4-3-6-18-8-10-19(22)11-9-18;5-3(6)1-2-4(7)8/h5,7-12H,2-4,6,13-17H2,1H3;1-2H,(H,5,6)(H,7,8). The molecule has 1 aromatic heterocycles. The number of hydrogen-bond donors (Lipinski definition) is 2. The highest BCUT2D eigenvalue weighted by Gasteiger charge is 2.20. The molecule has 3 rings (SSSR count). The fourth-order valence-corrected chi connectivity index (χ4v) is 3.53. The van der Waals surface area contributed by atoms with Gasteiger partial charge in [-0.3, -0.25) is 4.90 Å². The third-order valence-electron chi connectivity index (χ3n) is 5.19. The summed E-state index contributed by atoms with van der Waals surface area (Å²) in [6.45, 7) is 7.85. The van der Waals surface area contributed by atoms with Gasteiger partial charge in [-0.05, 0) is 62.6 Å². The molecule has 1 fully saturated rings. The van der Waals surface area contributed by atoms with Gasteiger partial charge in [0.05, 0.1) is 6.61 Å². The predicted octanol–water partition coefficient (Wildman–Crippen LogP) is 3.48. The maximum absolute atomic E-state index is 12.9. The number of rotatable bonds is 10. The Morgan fingerprint density at radius 1 is 1.03 bits per heavy atom. The van der Waals surface area contributed by atoms with Gasteiger partial charge in [0.1, 0.15) is 5.82 Å². The lowest BCUT2D eigenvalue weighted by molar-refractivity contribution is -0.134. The first kappa shape index (κ1) is 26.8. The molecule has 0 radical (unpaired) electrons. The van der Waals surface area contributed by atoms with E-state index in [0.717, 1.165) is 57.1 Å². The van der Waals surface area contributed by atoms with Crippen LogP contribution in [0.5, 0.6) is 5.75 Å². The first-order valence-corrected chi connectivity index (χ1v) is 11.3. The van der Waals surface area contributed by atoms with Gasteiger partial charge in [-0.1, -0.05) is 12.1 Å². The molecule has 0 unspecified atom stereocenters. The Morgan fingerprint density at radius 3 is 2.26 bits per heavy atom. The van der Waals surface area contributed by atoms with Gasteiger partial charge in [0.2, 0.25) is 0 Å². The van der Waals surface area contributed by atoms with Gasteiger partial charge >= 0.3 is 11.9 Å². The molecular weight excluding hydrogens is 441 g/mol. The number of carboxylic acid groups (broad SMARTS) is 2. The molecule has 0 saturated carbocycles. The van der Waals surface area contributed by atoms with Crippen LogP contribution in [-0.4, -0.2) is 71.4 Å². The van der Waals surface area contributed by atoms with Crippen LogP contribution >= 0.6 is 0 Å². The van der Waals surface area contributed by atoms with Gasteiger partial charge in [0.15, 0.2) is 11.6 Å². The molecule has 1 aliphatic heterocycles. The Balaban J connectivity index is 0.000000440. The molecule has 0 aliphatic carbocycles. The van der Waals surface area contributed by atoms with Crippen LogP contribution in [0.4, 0.5) is 10.2 Å². The number of aryl methyl sites for hydroxylation is 1. The van der Waals surface area contributed by atoms with Crippen LogP contribution < -0.4 is 9.64 Å². The second-order valence-electron chi connectivity index (χ2n) is 7.68. The number of nitrogens with zero attached hydrogens (tertiary/aromatic N) is 3. The number of pyridine rings is 1. The zero-order valence-electron chi connectivity index (χ0n) is 19.4. The van der Waals surface area contributed by atoms with Crippen LogP contribution in [0.2, 0.25) is 0 Å². The minimum absolute atomic E-state index is 0.160. The highest BCUT2D eigenvalue weighted by atomic mass is 19.1. The van der Waals surface area contributed by atoms with Crippen LogP contribution in [0.25, 0.3) is 0 Å². The maximum Gasteiger partial charge on any atom is 0.328 e. The summed E-state index contributed by atoms with van der Waals surface area (Å²) in [4.78, 5) is 28.5. The summed E-state index contributed by atoms with van der Waals surface area (Å²) in [5, 5.41) is 15.6. The number of benzene rings is 1. The lowest BCUT2D eigenvalue weighted by atomic mass is 10.1. The highest BCUT2D eigenvalue weighted by molar-refractivity contribution is 5.89. The van der Waals surface area contributed by atoms with E-state index in [2.05, 4.69) is 14.8 Å². The summed E-state index contributed by atoms with van der Waals surface area (Å²) in [7, 11) is 0. The van der Waals surface area contributed by atoms with Crippen molar-refractivity contribution >= 4 is 17.8 Å².